The van der Waals surface area contributed by atoms with Gasteiger partial charge in [0.25, 0.3) is 0 Å². The molecule has 31 heavy (non-hydrogen) atoms. The lowest BCUT2D eigenvalue weighted by atomic mass is 10.0. The Morgan fingerprint density at radius 3 is 2.65 bits per heavy atom. The van der Waals surface area contributed by atoms with Crippen molar-refractivity contribution in [2.45, 2.75) is 12.8 Å². The molecular formula is C23H23ClN6O. The summed E-state index contributed by atoms with van der Waals surface area (Å²) in [5.41, 5.74) is 10.4. The van der Waals surface area contributed by atoms with Crippen LogP contribution in [0.3, 0.4) is 0 Å². The largest absolute Gasteiger partial charge is 0.381 e. The topological polar surface area (TPSA) is 102 Å². The Bertz CT molecular complexity index is 1200. The fourth-order valence-corrected chi connectivity index (χ4v) is 4.19. The number of aromatic nitrogens is 4. The Kier molecular flexibility index (Phi) is 5.44. The Hall–Kier alpha value is -3.16. The number of nitrogens with zero attached hydrogens (tertiary/aromatic N) is 3. The number of ether oxygens (including phenoxy) is 1. The van der Waals surface area contributed by atoms with Crippen LogP contribution in [0.4, 0.5) is 11.6 Å². The van der Waals surface area contributed by atoms with E-state index in [1.165, 1.54) is 0 Å². The molecule has 1 aliphatic heterocycles. The van der Waals surface area contributed by atoms with E-state index in [1.54, 1.807) is 6.20 Å². The van der Waals surface area contributed by atoms with Crippen LogP contribution in [0.5, 0.6) is 0 Å². The van der Waals surface area contributed by atoms with Crippen molar-refractivity contribution in [1.82, 2.24) is 20.2 Å². The summed E-state index contributed by atoms with van der Waals surface area (Å²) in [5.74, 6) is 1.50. The van der Waals surface area contributed by atoms with Crippen molar-refractivity contribution in [2.75, 3.05) is 30.8 Å². The van der Waals surface area contributed by atoms with Gasteiger partial charge < -0.3 is 15.8 Å². The lowest BCUT2D eigenvalue weighted by Gasteiger charge is -2.23. The molecule has 0 aliphatic carbocycles. The third-order valence-electron chi connectivity index (χ3n) is 5.64. The van der Waals surface area contributed by atoms with Crippen LogP contribution in [-0.2, 0) is 4.74 Å². The van der Waals surface area contributed by atoms with Gasteiger partial charge in [-0.15, -0.1) is 0 Å². The zero-order valence-electron chi connectivity index (χ0n) is 16.9. The lowest BCUT2D eigenvalue weighted by Crippen LogP contribution is -2.23. The third-order valence-corrected chi connectivity index (χ3v) is 5.94. The molecule has 0 amide bonds. The minimum atomic E-state index is 0.380. The SMILES string of the molecule is Nc1nc(-c2ccccc2)c(-c2cc(Cl)c3[nH]ncc3c2)nc1NCC1CCOCC1. The second-order valence-corrected chi connectivity index (χ2v) is 8.16. The Morgan fingerprint density at radius 2 is 1.84 bits per heavy atom. The lowest BCUT2D eigenvalue weighted by molar-refractivity contribution is 0.0699. The number of fused-ring (bicyclic) bond motifs is 1. The van der Waals surface area contributed by atoms with Gasteiger partial charge in [-0.1, -0.05) is 41.9 Å². The first-order chi connectivity index (χ1) is 15.2. The highest BCUT2D eigenvalue weighted by atomic mass is 35.5. The molecule has 5 rings (SSSR count). The summed E-state index contributed by atoms with van der Waals surface area (Å²) in [4.78, 5) is 9.66. The fraction of sp³-hybridized carbons (Fsp3) is 0.261. The number of hydrogen-bond acceptors (Lipinski definition) is 6. The van der Waals surface area contributed by atoms with Gasteiger partial charge in [-0.05, 0) is 30.9 Å². The van der Waals surface area contributed by atoms with Crippen LogP contribution in [0.1, 0.15) is 12.8 Å². The molecule has 1 saturated heterocycles. The molecule has 0 unspecified atom stereocenters. The molecule has 0 atom stereocenters. The maximum atomic E-state index is 6.51. The Morgan fingerprint density at radius 1 is 1.06 bits per heavy atom. The molecule has 3 heterocycles. The normalized spacial score (nSPS) is 14.7. The number of H-pyrrole nitrogens is 1. The quantitative estimate of drug-likeness (QED) is 0.418. The highest BCUT2D eigenvalue weighted by Crippen LogP contribution is 2.36. The standard InChI is InChI=1S/C23H23ClN6O/c24-18-11-16(10-17-13-27-30-19(17)18)21-20(15-4-2-1-3-5-15)28-22(25)23(29-21)26-12-14-6-8-31-9-7-14/h1-5,10-11,13-14H,6-9,12H2,(H2,25,28)(H,26,29)(H,27,30). The van der Waals surface area contributed by atoms with Crippen molar-refractivity contribution in [1.29, 1.82) is 0 Å². The number of aromatic amines is 1. The van der Waals surface area contributed by atoms with Crippen molar-refractivity contribution in [3.05, 3.63) is 53.7 Å². The number of halogens is 1. The van der Waals surface area contributed by atoms with E-state index < -0.39 is 0 Å². The predicted octanol–water partition coefficient (Wildman–Crippen LogP) is 4.76. The zero-order chi connectivity index (χ0) is 21.2. The van der Waals surface area contributed by atoms with Crippen LogP contribution in [0, 0.1) is 5.92 Å². The van der Waals surface area contributed by atoms with E-state index in [2.05, 4.69) is 15.5 Å². The van der Waals surface area contributed by atoms with Crippen LogP contribution >= 0.6 is 11.6 Å². The Labute approximate surface area is 185 Å². The summed E-state index contributed by atoms with van der Waals surface area (Å²) in [6.07, 6.45) is 3.81. The maximum absolute atomic E-state index is 6.51. The summed E-state index contributed by atoms with van der Waals surface area (Å²) in [6, 6.07) is 13.8. The average Bonchev–Trinajstić information content (AvgIpc) is 3.29. The first-order valence-electron chi connectivity index (χ1n) is 10.4. The molecule has 4 aromatic rings. The van der Waals surface area contributed by atoms with Gasteiger partial charge in [0.15, 0.2) is 11.6 Å². The van der Waals surface area contributed by atoms with Crippen molar-refractivity contribution < 1.29 is 4.74 Å². The van der Waals surface area contributed by atoms with Crippen LogP contribution in [-0.4, -0.2) is 39.9 Å². The van der Waals surface area contributed by atoms with Gasteiger partial charge in [-0.3, -0.25) is 5.10 Å². The predicted molar refractivity (Wildman–Crippen MR) is 124 cm³/mol. The van der Waals surface area contributed by atoms with E-state index in [-0.39, 0.29) is 0 Å². The fourth-order valence-electron chi connectivity index (χ4n) is 3.92. The third kappa shape index (κ3) is 4.06. The van der Waals surface area contributed by atoms with Crippen molar-refractivity contribution in [2.24, 2.45) is 5.92 Å². The van der Waals surface area contributed by atoms with Gasteiger partial charge in [0.1, 0.15) is 0 Å². The van der Waals surface area contributed by atoms with Gasteiger partial charge >= 0.3 is 0 Å². The van der Waals surface area contributed by atoms with Crippen LogP contribution < -0.4 is 11.1 Å². The zero-order valence-corrected chi connectivity index (χ0v) is 17.7. The number of rotatable bonds is 5. The monoisotopic (exact) mass is 434 g/mol. The smallest absolute Gasteiger partial charge is 0.169 e. The second kappa shape index (κ2) is 8.53. The number of nitrogens with one attached hydrogen (secondary N) is 2. The number of nitrogen functional groups attached to an aromatic ring is 1. The summed E-state index contributed by atoms with van der Waals surface area (Å²) < 4.78 is 5.46. The molecule has 1 aliphatic rings. The average molecular weight is 435 g/mol. The number of anilines is 2. The van der Waals surface area contributed by atoms with Gasteiger partial charge in [0.2, 0.25) is 0 Å². The van der Waals surface area contributed by atoms with E-state index in [1.807, 2.05) is 42.5 Å². The van der Waals surface area contributed by atoms with E-state index >= 15 is 0 Å². The van der Waals surface area contributed by atoms with Gasteiger partial charge in [0.05, 0.1) is 28.1 Å². The first-order valence-corrected chi connectivity index (χ1v) is 10.7. The molecule has 4 N–H and O–H groups in total. The van der Waals surface area contributed by atoms with Gasteiger partial charge in [-0.2, -0.15) is 5.10 Å². The number of benzene rings is 2. The molecular weight excluding hydrogens is 412 g/mol. The highest BCUT2D eigenvalue weighted by molar-refractivity contribution is 6.35. The molecule has 7 nitrogen and oxygen atoms in total. The van der Waals surface area contributed by atoms with Gasteiger partial charge in [-0.25, -0.2) is 9.97 Å². The summed E-state index contributed by atoms with van der Waals surface area (Å²) in [6.45, 7) is 2.39. The highest BCUT2D eigenvalue weighted by Gasteiger charge is 2.19. The molecule has 8 heteroatoms. The van der Waals surface area contributed by atoms with Crippen LogP contribution in [0.25, 0.3) is 33.4 Å². The van der Waals surface area contributed by atoms with E-state index in [9.17, 15) is 0 Å². The molecule has 0 saturated carbocycles. The summed E-state index contributed by atoms with van der Waals surface area (Å²) in [5, 5.41) is 11.9. The maximum Gasteiger partial charge on any atom is 0.169 e. The summed E-state index contributed by atoms with van der Waals surface area (Å²) >= 11 is 6.51. The first kappa shape index (κ1) is 19.8. The van der Waals surface area contributed by atoms with E-state index in [0.29, 0.717) is 28.3 Å². The number of hydrogen-bond donors (Lipinski definition) is 3. The molecule has 158 valence electrons. The molecule has 2 aromatic heterocycles. The van der Waals surface area contributed by atoms with E-state index in [0.717, 1.165) is 60.3 Å². The molecule has 0 bridgehead atoms. The van der Waals surface area contributed by atoms with Crippen LogP contribution in [0.2, 0.25) is 5.02 Å². The molecule has 0 spiro atoms. The Balaban J connectivity index is 1.58. The van der Waals surface area contributed by atoms with Gasteiger partial charge in [0, 0.05) is 36.3 Å². The van der Waals surface area contributed by atoms with Crippen molar-refractivity contribution >= 4 is 34.1 Å². The van der Waals surface area contributed by atoms with E-state index in [4.69, 9.17) is 32.0 Å². The molecule has 2 aromatic carbocycles. The summed E-state index contributed by atoms with van der Waals surface area (Å²) in [7, 11) is 0. The molecule has 1 fully saturated rings. The molecule has 0 radical (unpaired) electrons. The minimum Gasteiger partial charge on any atom is -0.381 e. The second-order valence-electron chi connectivity index (χ2n) is 7.75. The van der Waals surface area contributed by atoms with Crippen LogP contribution in [0.15, 0.2) is 48.7 Å². The van der Waals surface area contributed by atoms with Crippen molar-refractivity contribution in [3.63, 3.8) is 0 Å². The number of nitrogens with two attached hydrogens (primary N) is 1. The minimum absolute atomic E-state index is 0.380. The van der Waals surface area contributed by atoms with Crippen molar-refractivity contribution in [3.8, 4) is 22.5 Å².